The second-order valence-corrected chi connectivity index (χ2v) is 5.84. The number of benzene rings is 1. The maximum absolute atomic E-state index is 12.6. The lowest BCUT2D eigenvalue weighted by atomic mass is 10.00. The van der Waals surface area contributed by atoms with E-state index < -0.39 is 16.2 Å². The molecule has 0 N–H and O–H groups in total. The molecule has 2 heterocycles. The predicted molar refractivity (Wildman–Crippen MR) is 87.7 cm³/mol. The molecule has 124 valence electrons. The van der Waals surface area contributed by atoms with Crippen molar-refractivity contribution in [2.75, 3.05) is 6.54 Å². The summed E-state index contributed by atoms with van der Waals surface area (Å²) in [5.74, 6) is -0.213. The van der Waals surface area contributed by atoms with Gasteiger partial charge in [-0.05, 0) is 30.5 Å². The molecule has 2 aromatic rings. The zero-order valence-electron chi connectivity index (χ0n) is 13.3. The van der Waals surface area contributed by atoms with Gasteiger partial charge in [0.25, 0.3) is 0 Å². The number of nitrogens with zero attached hydrogens (tertiary/aromatic N) is 3. The summed E-state index contributed by atoms with van der Waals surface area (Å²) in [6, 6.07) is 10.6. The van der Waals surface area contributed by atoms with Gasteiger partial charge in [-0.15, -0.1) is 0 Å². The Kier molecular flexibility index (Phi) is 4.16. The molecular formula is C17H17N3O4. The Labute approximate surface area is 138 Å². The van der Waals surface area contributed by atoms with Crippen molar-refractivity contribution in [3.05, 3.63) is 73.7 Å². The number of nitro groups is 1. The van der Waals surface area contributed by atoms with Crippen LogP contribution in [0.5, 0.6) is 0 Å². The van der Waals surface area contributed by atoms with Crippen molar-refractivity contribution in [1.29, 1.82) is 0 Å². The van der Waals surface area contributed by atoms with Crippen LogP contribution in [0.25, 0.3) is 0 Å². The summed E-state index contributed by atoms with van der Waals surface area (Å²) in [6.45, 7) is 2.55. The summed E-state index contributed by atoms with van der Waals surface area (Å²) in [7, 11) is 0. The van der Waals surface area contributed by atoms with Gasteiger partial charge in [0.2, 0.25) is 5.91 Å². The fourth-order valence-electron chi connectivity index (χ4n) is 2.94. The summed E-state index contributed by atoms with van der Waals surface area (Å²) in [5.41, 5.74) is 1.59. The van der Waals surface area contributed by atoms with E-state index in [1.807, 2.05) is 24.3 Å². The van der Waals surface area contributed by atoms with Crippen LogP contribution in [-0.2, 0) is 24.3 Å². The third-order valence-electron chi connectivity index (χ3n) is 4.35. The van der Waals surface area contributed by atoms with Gasteiger partial charge >= 0.3 is 11.2 Å². The molecule has 3 rings (SSSR count). The highest BCUT2D eigenvalue weighted by Gasteiger charge is 2.23. The highest BCUT2D eigenvalue weighted by atomic mass is 16.6. The third-order valence-corrected chi connectivity index (χ3v) is 4.35. The molecule has 7 nitrogen and oxygen atoms in total. The number of rotatable bonds is 3. The molecule has 1 aromatic heterocycles. The number of aromatic nitrogens is 1. The van der Waals surface area contributed by atoms with E-state index in [0.29, 0.717) is 18.8 Å². The quantitative estimate of drug-likeness (QED) is 0.634. The molecule has 0 aliphatic carbocycles. The number of hydrogen-bond donors (Lipinski definition) is 0. The van der Waals surface area contributed by atoms with Gasteiger partial charge in [0.05, 0.1) is 4.92 Å². The molecule has 1 aromatic carbocycles. The first kappa shape index (κ1) is 15.9. The summed E-state index contributed by atoms with van der Waals surface area (Å²) in [5, 5.41) is 10.9. The van der Waals surface area contributed by atoms with Gasteiger partial charge in [0, 0.05) is 24.8 Å². The monoisotopic (exact) mass is 327 g/mol. The standard InChI is InChI=1S/C17H17N3O4/c1-12-6-7-15(20(23)24)17(22)19(12)11-16(21)18-9-8-13-4-2-3-5-14(13)10-18/h2-7H,8-11H2,1H3. The van der Waals surface area contributed by atoms with Crippen LogP contribution in [0.1, 0.15) is 16.8 Å². The third kappa shape index (κ3) is 2.92. The summed E-state index contributed by atoms with van der Waals surface area (Å²) in [4.78, 5) is 36.6. The number of carbonyl (C=O) groups excluding carboxylic acids is 1. The summed E-state index contributed by atoms with van der Waals surface area (Å²) in [6.07, 6.45) is 0.769. The number of pyridine rings is 1. The first-order chi connectivity index (χ1) is 11.5. The van der Waals surface area contributed by atoms with E-state index >= 15 is 0 Å². The van der Waals surface area contributed by atoms with Crippen LogP contribution in [0.2, 0.25) is 0 Å². The lowest BCUT2D eigenvalue weighted by Crippen LogP contribution is -2.40. The fourth-order valence-corrected chi connectivity index (χ4v) is 2.94. The highest BCUT2D eigenvalue weighted by molar-refractivity contribution is 5.76. The van der Waals surface area contributed by atoms with Crippen LogP contribution in [0.15, 0.2) is 41.2 Å². The Morgan fingerprint density at radius 2 is 1.92 bits per heavy atom. The predicted octanol–water partition coefficient (Wildman–Crippen LogP) is 1.65. The van der Waals surface area contributed by atoms with E-state index in [4.69, 9.17) is 0 Å². The van der Waals surface area contributed by atoms with Crippen molar-refractivity contribution in [1.82, 2.24) is 9.47 Å². The van der Waals surface area contributed by atoms with Crippen molar-refractivity contribution >= 4 is 11.6 Å². The van der Waals surface area contributed by atoms with E-state index in [-0.39, 0.29) is 12.5 Å². The van der Waals surface area contributed by atoms with Gasteiger partial charge in [0.1, 0.15) is 6.54 Å². The Morgan fingerprint density at radius 3 is 2.62 bits per heavy atom. The molecular weight excluding hydrogens is 310 g/mol. The summed E-state index contributed by atoms with van der Waals surface area (Å²) >= 11 is 0. The summed E-state index contributed by atoms with van der Waals surface area (Å²) < 4.78 is 1.17. The number of fused-ring (bicyclic) bond motifs is 1. The minimum Gasteiger partial charge on any atom is -0.336 e. The van der Waals surface area contributed by atoms with Crippen molar-refractivity contribution in [2.45, 2.75) is 26.4 Å². The van der Waals surface area contributed by atoms with E-state index in [1.165, 1.54) is 22.3 Å². The molecule has 0 atom stereocenters. The number of aryl methyl sites for hydroxylation is 1. The largest absolute Gasteiger partial charge is 0.336 e. The van der Waals surface area contributed by atoms with Gasteiger partial charge in [-0.1, -0.05) is 24.3 Å². The average molecular weight is 327 g/mol. The van der Waals surface area contributed by atoms with E-state index in [1.54, 1.807) is 11.8 Å². The number of carbonyl (C=O) groups is 1. The van der Waals surface area contributed by atoms with Crippen LogP contribution in [0, 0.1) is 17.0 Å². The lowest BCUT2D eigenvalue weighted by molar-refractivity contribution is -0.386. The zero-order chi connectivity index (χ0) is 17.3. The minimum absolute atomic E-state index is 0.186. The fraction of sp³-hybridized carbons (Fsp3) is 0.294. The molecule has 24 heavy (non-hydrogen) atoms. The Balaban J connectivity index is 1.83. The van der Waals surface area contributed by atoms with E-state index in [0.717, 1.165) is 12.0 Å². The smallest absolute Gasteiger partial charge is 0.334 e. The number of hydrogen-bond acceptors (Lipinski definition) is 4. The van der Waals surface area contributed by atoms with Gasteiger partial charge in [-0.3, -0.25) is 24.3 Å². The Hall–Kier alpha value is -2.96. The second-order valence-electron chi connectivity index (χ2n) is 5.84. The minimum atomic E-state index is -0.745. The van der Waals surface area contributed by atoms with Gasteiger partial charge in [0.15, 0.2) is 0 Å². The van der Waals surface area contributed by atoms with Crippen molar-refractivity contribution in [3.8, 4) is 0 Å². The molecule has 1 aliphatic rings. The molecule has 0 saturated carbocycles. The van der Waals surface area contributed by atoms with Crippen LogP contribution < -0.4 is 5.56 Å². The first-order valence-electron chi connectivity index (χ1n) is 7.67. The van der Waals surface area contributed by atoms with Gasteiger partial charge in [-0.2, -0.15) is 0 Å². The second kappa shape index (κ2) is 6.27. The van der Waals surface area contributed by atoms with Crippen molar-refractivity contribution in [2.24, 2.45) is 0 Å². The van der Waals surface area contributed by atoms with Gasteiger partial charge in [-0.25, -0.2) is 0 Å². The van der Waals surface area contributed by atoms with Crippen LogP contribution >= 0.6 is 0 Å². The molecule has 1 aliphatic heterocycles. The SMILES string of the molecule is Cc1ccc([N+](=O)[O-])c(=O)n1CC(=O)N1CCc2ccccc2C1. The lowest BCUT2D eigenvalue weighted by Gasteiger charge is -2.29. The van der Waals surface area contributed by atoms with Gasteiger partial charge < -0.3 is 4.90 Å². The molecule has 7 heteroatoms. The van der Waals surface area contributed by atoms with Crippen molar-refractivity contribution in [3.63, 3.8) is 0 Å². The topological polar surface area (TPSA) is 85.5 Å². The molecule has 0 fully saturated rings. The Bertz CT molecular complexity index is 872. The van der Waals surface area contributed by atoms with Crippen LogP contribution in [0.4, 0.5) is 5.69 Å². The molecule has 0 spiro atoms. The molecule has 0 radical (unpaired) electrons. The normalized spacial score (nSPS) is 13.5. The van der Waals surface area contributed by atoms with E-state index in [9.17, 15) is 19.7 Å². The Morgan fingerprint density at radius 1 is 1.21 bits per heavy atom. The highest BCUT2D eigenvalue weighted by Crippen LogP contribution is 2.18. The van der Waals surface area contributed by atoms with Crippen molar-refractivity contribution < 1.29 is 9.72 Å². The number of amides is 1. The van der Waals surface area contributed by atoms with Crippen LogP contribution in [-0.4, -0.2) is 26.8 Å². The maximum Gasteiger partial charge on any atom is 0.334 e. The first-order valence-corrected chi connectivity index (χ1v) is 7.67. The molecule has 0 saturated heterocycles. The van der Waals surface area contributed by atoms with E-state index in [2.05, 4.69) is 0 Å². The molecule has 0 bridgehead atoms. The average Bonchev–Trinajstić information content (AvgIpc) is 2.57. The maximum atomic E-state index is 12.6. The molecule has 1 amide bonds. The van der Waals surface area contributed by atoms with Crippen LogP contribution in [0.3, 0.4) is 0 Å². The molecule has 0 unspecified atom stereocenters. The zero-order valence-corrected chi connectivity index (χ0v) is 13.3.